The van der Waals surface area contributed by atoms with Gasteiger partial charge in [0.1, 0.15) is 24.4 Å². The molecule has 0 bridgehead atoms. The van der Waals surface area contributed by atoms with E-state index < -0.39 is 73.7 Å². The van der Waals surface area contributed by atoms with Crippen molar-refractivity contribution in [2.45, 2.75) is 49.1 Å². The molecule has 0 aliphatic carbocycles. The van der Waals surface area contributed by atoms with Gasteiger partial charge in [-0.25, -0.2) is 4.79 Å². The first kappa shape index (κ1) is 23.2. The van der Waals surface area contributed by atoms with Gasteiger partial charge in [0.15, 0.2) is 11.9 Å². The molecule has 1 aliphatic rings. The fourth-order valence-electron chi connectivity index (χ4n) is 2.52. The molecule has 0 aromatic heterocycles. The fourth-order valence-corrected chi connectivity index (χ4v) is 2.52. The van der Waals surface area contributed by atoms with Crippen LogP contribution in [-0.2, 0) is 38.1 Å². The Morgan fingerprint density at radius 3 is 1.81 bits per heavy atom. The van der Waals surface area contributed by atoms with Crippen LogP contribution in [0, 0.1) is 0 Å². The van der Waals surface area contributed by atoms with Gasteiger partial charge >= 0.3 is 17.9 Å². The molecule has 1 aliphatic heterocycles. The van der Waals surface area contributed by atoms with Gasteiger partial charge in [-0.15, -0.1) is 0 Å². The Labute approximate surface area is 154 Å². The van der Waals surface area contributed by atoms with Crippen LogP contribution in [-0.4, -0.2) is 103 Å². The van der Waals surface area contributed by atoms with Crippen molar-refractivity contribution in [3.63, 3.8) is 0 Å². The number of carbonyl (C=O) groups excluding carboxylic acids is 3. The van der Waals surface area contributed by atoms with E-state index in [-0.39, 0.29) is 0 Å². The lowest BCUT2D eigenvalue weighted by atomic mass is 9.93. The smallest absolute Gasteiger partial charge is 0.339 e. The molecule has 1 fully saturated rings. The Bertz CT molecular complexity index is 515. The van der Waals surface area contributed by atoms with E-state index in [9.17, 15) is 34.8 Å². The number of aliphatic hydroxyl groups excluding tert-OH is 4. The molecule has 156 valence electrons. The monoisotopic (exact) mass is 396 g/mol. The molecule has 5 unspecified atom stereocenters. The van der Waals surface area contributed by atoms with Crippen LogP contribution in [0.3, 0.4) is 0 Å². The fraction of sp³-hybridized carbons (Fsp3) is 0.800. The van der Waals surface area contributed by atoms with Gasteiger partial charge in [-0.1, -0.05) is 0 Å². The molecule has 12 heteroatoms. The lowest BCUT2D eigenvalue weighted by Gasteiger charge is -2.42. The number of methoxy groups -OCH3 is 3. The number of carbonyl (C=O) groups is 3. The number of rotatable bonds is 8. The summed E-state index contributed by atoms with van der Waals surface area (Å²) in [5.41, 5.74) is -2.32. The summed E-state index contributed by atoms with van der Waals surface area (Å²) < 4.78 is 24.2. The SMILES string of the molecule is COC(=O)CC(CC(=O)OC)(OC1OC(CO)C(O)C(O)C1O)C(=O)OC. The van der Waals surface area contributed by atoms with E-state index in [4.69, 9.17) is 9.47 Å². The first-order valence-electron chi connectivity index (χ1n) is 7.86. The number of hydrogen-bond acceptors (Lipinski definition) is 12. The lowest BCUT2D eigenvalue weighted by Crippen LogP contribution is -2.62. The molecular formula is C15H24O12. The summed E-state index contributed by atoms with van der Waals surface area (Å²) in [7, 11) is 3.05. The van der Waals surface area contributed by atoms with Crippen LogP contribution in [0.25, 0.3) is 0 Å². The van der Waals surface area contributed by atoms with Crippen molar-refractivity contribution in [3.8, 4) is 0 Å². The minimum absolute atomic E-state index is 0.746. The molecule has 0 aromatic rings. The molecule has 0 amide bonds. The minimum atomic E-state index is -2.32. The Morgan fingerprint density at radius 1 is 0.889 bits per heavy atom. The normalized spacial score (nSPS) is 28.3. The molecule has 0 radical (unpaired) electrons. The molecule has 0 spiro atoms. The third-order valence-electron chi connectivity index (χ3n) is 4.06. The maximum atomic E-state index is 12.4. The molecule has 4 N–H and O–H groups in total. The largest absolute Gasteiger partial charge is 0.469 e. The molecule has 0 saturated carbocycles. The highest BCUT2D eigenvalue weighted by Gasteiger charge is 2.52. The topological polar surface area (TPSA) is 178 Å². The molecule has 0 aromatic carbocycles. The van der Waals surface area contributed by atoms with Crippen LogP contribution in [0.4, 0.5) is 0 Å². The van der Waals surface area contributed by atoms with Crippen molar-refractivity contribution in [3.05, 3.63) is 0 Å². The quantitative estimate of drug-likeness (QED) is 0.239. The van der Waals surface area contributed by atoms with Gasteiger partial charge in [0.25, 0.3) is 0 Å². The van der Waals surface area contributed by atoms with E-state index in [0.29, 0.717) is 0 Å². The van der Waals surface area contributed by atoms with Crippen molar-refractivity contribution in [1.82, 2.24) is 0 Å². The molecule has 27 heavy (non-hydrogen) atoms. The van der Waals surface area contributed by atoms with E-state index in [1.807, 2.05) is 0 Å². The third-order valence-corrected chi connectivity index (χ3v) is 4.06. The molecular weight excluding hydrogens is 372 g/mol. The van der Waals surface area contributed by atoms with Crippen molar-refractivity contribution in [2.24, 2.45) is 0 Å². The Morgan fingerprint density at radius 2 is 1.41 bits per heavy atom. The van der Waals surface area contributed by atoms with Crippen LogP contribution in [0.15, 0.2) is 0 Å². The highest BCUT2D eigenvalue weighted by molar-refractivity contribution is 5.90. The second-order valence-electron chi connectivity index (χ2n) is 5.81. The van der Waals surface area contributed by atoms with Gasteiger partial charge in [-0.05, 0) is 0 Å². The Hall–Kier alpha value is -1.83. The maximum Gasteiger partial charge on any atom is 0.339 e. The molecule has 1 saturated heterocycles. The van der Waals surface area contributed by atoms with Crippen molar-refractivity contribution >= 4 is 17.9 Å². The van der Waals surface area contributed by atoms with Crippen molar-refractivity contribution in [1.29, 1.82) is 0 Å². The van der Waals surface area contributed by atoms with Gasteiger partial charge in [-0.2, -0.15) is 0 Å². The summed E-state index contributed by atoms with van der Waals surface area (Å²) >= 11 is 0. The zero-order valence-corrected chi connectivity index (χ0v) is 15.1. The predicted octanol–water partition coefficient (Wildman–Crippen LogP) is -3.16. The summed E-state index contributed by atoms with van der Waals surface area (Å²) in [6.45, 7) is -0.746. The summed E-state index contributed by atoms with van der Waals surface area (Å²) in [6.07, 6.45) is -10.1. The molecule has 5 atom stereocenters. The van der Waals surface area contributed by atoms with Crippen LogP contribution in [0.5, 0.6) is 0 Å². The number of aliphatic hydroxyl groups is 4. The summed E-state index contributed by atoms with van der Waals surface area (Å²) in [4.78, 5) is 35.9. The average molecular weight is 396 g/mol. The third kappa shape index (κ3) is 5.34. The number of hydrogen-bond donors (Lipinski definition) is 4. The van der Waals surface area contributed by atoms with Gasteiger partial charge < -0.3 is 44.1 Å². The second kappa shape index (κ2) is 9.92. The average Bonchev–Trinajstić information content (AvgIpc) is 2.67. The highest BCUT2D eigenvalue weighted by Crippen LogP contribution is 2.31. The second-order valence-corrected chi connectivity index (χ2v) is 5.81. The predicted molar refractivity (Wildman–Crippen MR) is 82.9 cm³/mol. The first-order valence-corrected chi connectivity index (χ1v) is 7.86. The number of esters is 3. The number of ether oxygens (including phenoxy) is 5. The van der Waals surface area contributed by atoms with Gasteiger partial charge in [0, 0.05) is 0 Å². The van der Waals surface area contributed by atoms with Crippen LogP contribution < -0.4 is 0 Å². The summed E-state index contributed by atoms with van der Waals surface area (Å²) in [5, 5.41) is 39.0. The van der Waals surface area contributed by atoms with Crippen LogP contribution >= 0.6 is 0 Å². The minimum Gasteiger partial charge on any atom is -0.469 e. The molecule has 12 nitrogen and oxygen atoms in total. The van der Waals surface area contributed by atoms with E-state index >= 15 is 0 Å². The van der Waals surface area contributed by atoms with Gasteiger partial charge in [-0.3, -0.25) is 9.59 Å². The van der Waals surface area contributed by atoms with Gasteiger partial charge in [0.05, 0.1) is 40.8 Å². The van der Waals surface area contributed by atoms with E-state index in [1.165, 1.54) is 0 Å². The van der Waals surface area contributed by atoms with Crippen LogP contribution in [0.2, 0.25) is 0 Å². The maximum absolute atomic E-state index is 12.4. The standard InChI is InChI=1S/C15H24O12/c1-23-8(17)4-15(14(22)25-3,5-9(18)24-2)27-13-12(21)11(20)10(19)7(6-16)26-13/h7,10-13,16,19-21H,4-6H2,1-3H3. The molecule has 1 rings (SSSR count). The Kier molecular flexibility index (Phi) is 8.53. The zero-order valence-electron chi connectivity index (χ0n) is 15.1. The summed E-state index contributed by atoms with van der Waals surface area (Å²) in [5.74, 6) is -3.07. The first-order chi connectivity index (χ1) is 12.6. The van der Waals surface area contributed by atoms with Gasteiger partial charge in [0.2, 0.25) is 0 Å². The van der Waals surface area contributed by atoms with E-state index in [0.717, 1.165) is 21.3 Å². The summed E-state index contributed by atoms with van der Waals surface area (Å²) in [6, 6.07) is 0. The lowest BCUT2D eigenvalue weighted by molar-refractivity contribution is -0.325. The Balaban J connectivity index is 3.25. The van der Waals surface area contributed by atoms with Crippen molar-refractivity contribution in [2.75, 3.05) is 27.9 Å². The zero-order chi connectivity index (χ0) is 20.8. The van der Waals surface area contributed by atoms with Crippen molar-refractivity contribution < 1.29 is 58.5 Å². The molecule has 1 heterocycles. The van der Waals surface area contributed by atoms with E-state index in [1.54, 1.807) is 0 Å². The highest BCUT2D eigenvalue weighted by atomic mass is 16.7. The van der Waals surface area contributed by atoms with E-state index in [2.05, 4.69) is 14.2 Å². The van der Waals surface area contributed by atoms with Crippen LogP contribution in [0.1, 0.15) is 12.8 Å².